The van der Waals surface area contributed by atoms with Crippen LogP contribution in [0.1, 0.15) is 51.5 Å². The highest BCUT2D eigenvalue weighted by Gasteiger charge is 2.21. The van der Waals surface area contributed by atoms with E-state index in [0.717, 1.165) is 63.2 Å². The average Bonchev–Trinajstić information content (AvgIpc) is 3.49. The Morgan fingerprint density at radius 2 is 2.04 bits per heavy atom. The molecule has 2 N–H and O–H groups in total. The number of nitrogens with one attached hydrogen (secondary N) is 2. The number of hydrogen-bond donors (Lipinski definition) is 2. The van der Waals surface area contributed by atoms with Crippen LogP contribution in [0, 0.1) is 5.92 Å². The average molecular weight is 363 g/mol. The molecular weight excluding hydrogens is 328 g/mol. The lowest BCUT2D eigenvalue weighted by Crippen LogP contribution is -2.38. The second-order valence-corrected chi connectivity index (χ2v) is 6.70. The third-order valence-electron chi connectivity index (χ3n) is 4.13. The maximum absolute atomic E-state index is 5.67. The molecule has 0 atom stereocenters. The van der Waals surface area contributed by atoms with Crippen LogP contribution in [0.15, 0.2) is 23.3 Å². The molecule has 1 aliphatic rings. The van der Waals surface area contributed by atoms with Crippen molar-refractivity contribution >= 4 is 5.96 Å². The van der Waals surface area contributed by atoms with E-state index in [4.69, 9.17) is 9.47 Å². The minimum Gasteiger partial charge on any atom is -0.477 e. The van der Waals surface area contributed by atoms with Gasteiger partial charge in [0, 0.05) is 38.6 Å². The van der Waals surface area contributed by atoms with E-state index in [1.165, 1.54) is 19.3 Å². The predicted octanol–water partition coefficient (Wildman–Crippen LogP) is 3.13. The summed E-state index contributed by atoms with van der Waals surface area (Å²) >= 11 is 0. The summed E-state index contributed by atoms with van der Waals surface area (Å²) in [4.78, 5) is 8.98. The van der Waals surface area contributed by atoms with Gasteiger partial charge >= 0.3 is 0 Å². The summed E-state index contributed by atoms with van der Waals surface area (Å²) in [6.45, 7) is 8.97. The van der Waals surface area contributed by atoms with Gasteiger partial charge < -0.3 is 20.1 Å². The molecule has 1 saturated carbocycles. The Morgan fingerprint density at radius 1 is 1.19 bits per heavy atom. The van der Waals surface area contributed by atoms with E-state index in [1.54, 1.807) is 0 Å². The van der Waals surface area contributed by atoms with Crippen molar-refractivity contribution in [1.82, 2.24) is 15.6 Å². The fourth-order valence-corrected chi connectivity index (χ4v) is 2.32. The van der Waals surface area contributed by atoms with Crippen LogP contribution in [0.5, 0.6) is 5.88 Å². The van der Waals surface area contributed by atoms with Gasteiger partial charge in [0.15, 0.2) is 5.96 Å². The zero-order valence-electron chi connectivity index (χ0n) is 16.3. The maximum atomic E-state index is 5.67. The number of pyridine rings is 1. The van der Waals surface area contributed by atoms with E-state index in [9.17, 15) is 0 Å². The van der Waals surface area contributed by atoms with Crippen molar-refractivity contribution in [2.24, 2.45) is 10.9 Å². The van der Waals surface area contributed by atoms with E-state index in [-0.39, 0.29) is 0 Å². The van der Waals surface area contributed by atoms with Gasteiger partial charge in [-0.25, -0.2) is 9.98 Å². The molecule has 1 heterocycles. The molecule has 0 saturated heterocycles. The van der Waals surface area contributed by atoms with Crippen molar-refractivity contribution in [3.05, 3.63) is 23.9 Å². The molecule has 0 radical (unpaired) electrons. The first kappa shape index (κ1) is 20.5. The van der Waals surface area contributed by atoms with Crippen LogP contribution >= 0.6 is 0 Å². The standard InChI is InChI=1S/C20H34N4O2/c1-3-5-12-25-13-6-11-22-20(21-4-2)24-15-18-9-10-19(23-14-18)26-16-17-7-8-17/h9-10,14,17H,3-8,11-13,15-16H2,1-2H3,(H2,21,22,24). The maximum Gasteiger partial charge on any atom is 0.213 e. The monoisotopic (exact) mass is 362 g/mol. The van der Waals surface area contributed by atoms with Gasteiger partial charge in [-0.05, 0) is 44.1 Å². The van der Waals surface area contributed by atoms with Crippen molar-refractivity contribution in [3.63, 3.8) is 0 Å². The summed E-state index contributed by atoms with van der Waals surface area (Å²) in [5.74, 6) is 2.28. The van der Waals surface area contributed by atoms with Gasteiger partial charge in [-0.2, -0.15) is 0 Å². The topological polar surface area (TPSA) is 67.8 Å². The van der Waals surface area contributed by atoms with Crippen LogP contribution in [0.2, 0.25) is 0 Å². The molecule has 0 spiro atoms. The highest BCUT2D eigenvalue weighted by atomic mass is 16.5. The number of aromatic nitrogens is 1. The molecule has 1 aromatic rings. The second-order valence-electron chi connectivity index (χ2n) is 6.70. The van der Waals surface area contributed by atoms with Gasteiger partial charge in [-0.15, -0.1) is 0 Å². The fraction of sp³-hybridized carbons (Fsp3) is 0.700. The Hall–Kier alpha value is -1.82. The summed E-state index contributed by atoms with van der Waals surface area (Å²) in [5.41, 5.74) is 1.07. The molecule has 6 heteroatoms. The van der Waals surface area contributed by atoms with Gasteiger partial charge in [0.05, 0.1) is 13.2 Å². The predicted molar refractivity (Wildman–Crippen MR) is 106 cm³/mol. The number of guanidine groups is 1. The van der Waals surface area contributed by atoms with Crippen LogP contribution in [0.4, 0.5) is 0 Å². The van der Waals surface area contributed by atoms with Crippen LogP contribution in [-0.4, -0.2) is 43.9 Å². The fourth-order valence-electron chi connectivity index (χ4n) is 2.32. The Balaban J connectivity index is 1.67. The Kier molecular flexibility index (Phi) is 9.87. The van der Waals surface area contributed by atoms with E-state index < -0.39 is 0 Å². The third kappa shape index (κ3) is 9.04. The quantitative estimate of drug-likeness (QED) is 0.321. The van der Waals surface area contributed by atoms with Gasteiger partial charge in [-0.1, -0.05) is 19.4 Å². The summed E-state index contributed by atoms with van der Waals surface area (Å²) in [6, 6.07) is 3.96. The molecular formula is C20H34N4O2. The number of ether oxygens (including phenoxy) is 2. The number of unbranched alkanes of at least 4 members (excludes halogenated alkanes) is 1. The molecule has 0 amide bonds. The molecule has 1 aromatic heterocycles. The Bertz CT molecular complexity index is 515. The summed E-state index contributed by atoms with van der Waals surface area (Å²) in [7, 11) is 0. The molecule has 1 aliphatic carbocycles. The first-order chi connectivity index (χ1) is 12.8. The highest BCUT2D eigenvalue weighted by molar-refractivity contribution is 5.79. The lowest BCUT2D eigenvalue weighted by Gasteiger charge is -2.11. The lowest BCUT2D eigenvalue weighted by molar-refractivity contribution is 0.129. The molecule has 6 nitrogen and oxygen atoms in total. The van der Waals surface area contributed by atoms with E-state index in [2.05, 4.69) is 34.5 Å². The molecule has 1 fully saturated rings. The van der Waals surface area contributed by atoms with Gasteiger partial charge in [0.2, 0.25) is 5.88 Å². The zero-order valence-corrected chi connectivity index (χ0v) is 16.3. The molecule has 2 rings (SSSR count). The summed E-state index contributed by atoms with van der Waals surface area (Å²) in [6.07, 6.45) is 7.71. The molecule has 26 heavy (non-hydrogen) atoms. The summed E-state index contributed by atoms with van der Waals surface area (Å²) in [5, 5.41) is 6.61. The zero-order chi connectivity index (χ0) is 18.5. The largest absolute Gasteiger partial charge is 0.477 e. The first-order valence-electron chi connectivity index (χ1n) is 9.99. The van der Waals surface area contributed by atoms with Crippen molar-refractivity contribution in [3.8, 4) is 5.88 Å². The number of hydrogen-bond acceptors (Lipinski definition) is 4. The minimum absolute atomic E-state index is 0.595. The van der Waals surface area contributed by atoms with Crippen LogP contribution in [0.25, 0.3) is 0 Å². The SMILES string of the molecule is CCCCOCCCNC(=NCc1ccc(OCC2CC2)nc1)NCC. The van der Waals surface area contributed by atoms with E-state index in [1.807, 2.05) is 18.3 Å². The van der Waals surface area contributed by atoms with Crippen molar-refractivity contribution in [2.45, 2.75) is 52.5 Å². The summed E-state index contributed by atoms with van der Waals surface area (Å²) < 4.78 is 11.2. The van der Waals surface area contributed by atoms with Crippen LogP contribution in [0.3, 0.4) is 0 Å². The first-order valence-corrected chi connectivity index (χ1v) is 9.99. The Morgan fingerprint density at radius 3 is 2.73 bits per heavy atom. The molecule has 146 valence electrons. The molecule has 0 unspecified atom stereocenters. The number of rotatable bonds is 13. The normalized spacial score (nSPS) is 14.3. The minimum atomic E-state index is 0.595. The van der Waals surface area contributed by atoms with Gasteiger partial charge in [0.25, 0.3) is 0 Å². The molecule has 0 aliphatic heterocycles. The third-order valence-corrected chi connectivity index (χ3v) is 4.13. The van der Waals surface area contributed by atoms with Crippen molar-refractivity contribution in [1.29, 1.82) is 0 Å². The number of aliphatic imine (C=N–C) groups is 1. The van der Waals surface area contributed by atoms with Crippen LogP contribution < -0.4 is 15.4 Å². The van der Waals surface area contributed by atoms with Gasteiger partial charge in [0.1, 0.15) is 0 Å². The molecule has 0 aromatic carbocycles. The lowest BCUT2D eigenvalue weighted by atomic mass is 10.3. The van der Waals surface area contributed by atoms with E-state index >= 15 is 0 Å². The van der Waals surface area contributed by atoms with Crippen molar-refractivity contribution in [2.75, 3.05) is 32.9 Å². The smallest absolute Gasteiger partial charge is 0.213 e. The molecule has 0 bridgehead atoms. The Labute approximate surface area is 157 Å². The van der Waals surface area contributed by atoms with Crippen molar-refractivity contribution < 1.29 is 9.47 Å². The highest BCUT2D eigenvalue weighted by Crippen LogP contribution is 2.29. The number of nitrogens with zero attached hydrogens (tertiary/aromatic N) is 2. The second kappa shape index (κ2) is 12.5. The van der Waals surface area contributed by atoms with Gasteiger partial charge in [-0.3, -0.25) is 0 Å². The van der Waals surface area contributed by atoms with Crippen LogP contribution in [-0.2, 0) is 11.3 Å². The van der Waals surface area contributed by atoms with E-state index in [0.29, 0.717) is 12.4 Å².